The number of carbonyl (C=O) groups excluding carboxylic acids is 1. The summed E-state index contributed by atoms with van der Waals surface area (Å²) in [4.78, 5) is 9.77. The molecule has 0 aromatic carbocycles. The molecule has 3 heteroatoms. The van der Waals surface area contributed by atoms with E-state index in [9.17, 15) is 4.79 Å². The Balaban J connectivity index is 3.26. The third-order valence-corrected chi connectivity index (χ3v) is 0.417. The zero-order valence-corrected chi connectivity index (χ0v) is 3.51. The van der Waals surface area contributed by atoms with Crippen LogP contribution in [0.15, 0.2) is 0 Å². The van der Waals surface area contributed by atoms with E-state index in [1.54, 1.807) is 0 Å². The van der Waals surface area contributed by atoms with Gasteiger partial charge < -0.3 is 5.11 Å². The summed E-state index contributed by atoms with van der Waals surface area (Å²) in [6, 6.07) is 0. The zero-order valence-electron chi connectivity index (χ0n) is 3.51. The summed E-state index contributed by atoms with van der Waals surface area (Å²) in [5, 5.41) is 8.06. The van der Waals surface area contributed by atoms with Crippen molar-refractivity contribution in [1.82, 2.24) is 0 Å². The van der Waals surface area contributed by atoms with Crippen molar-refractivity contribution in [2.24, 2.45) is 5.73 Å². The Bertz CT molecular complexity index is 59.8. The number of hydrogen-bond donors (Lipinski definition) is 2. The fourth-order valence-corrected chi connectivity index (χ4v) is 0. The van der Waals surface area contributed by atoms with Gasteiger partial charge in [-0.05, 0) is 6.92 Å². The first-order chi connectivity index (χ1) is 2.64. The molecule has 36 valence electrons. The van der Waals surface area contributed by atoms with Crippen molar-refractivity contribution in [2.75, 3.05) is 0 Å². The van der Waals surface area contributed by atoms with E-state index in [0.717, 1.165) is 0 Å². The lowest BCUT2D eigenvalue weighted by Crippen LogP contribution is -2.26. The maximum Gasteiger partial charge on any atom is 0.172 e. The van der Waals surface area contributed by atoms with E-state index in [4.69, 9.17) is 5.11 Å². The number of carbonyl (C=O) groups is 1. The molecular formula is C3H7NO2. The van der Waals surface area contributed by atoms with Crippen molar-refractivity contribution in [3.63, 3.8) is 0 Å². The quantitative estimate of drug-likeness (QED) is 0.399. The van der Waals surface area contributed by atoms with Gasteiger partial charge in [-0.1, -0.05) is 0 Å². The van der Waals surface area contributed by atoms with Crippen molar-refractivity contribution in [1.29, 1.82) is 0 Å². The molecule has 0 heterocycles. The SMILES string of the molecule is CC(=O)C(N)O. The van der Waals surface area contributed by atoms with Gasteiger partial charge in [0.25, 0.3) is 0 Å². The van der Waals surface area contributed by atoms with Crippen LogP contribution in [0, 0.1) is 0 Å². The average molecular weight is 89.1 g/mol. The number of nitrogens with two attached hydrogens (primary N) is 1. The second-order valence-electron chi connectivity index (χ2n) is 1.06. The predicted octanol–water partition coefficient (Wildman–Crippen LogP) is -1.15. The topological polar surface area (TPSA) is 63.3 Å². The number of Topliss-reactive ketones (excluding diaryl/α,β-unsaturated/α-hetero) is 1. The molecule has 6 heavy (non-hydrogen) atoms. The summed E-state index contributed by atoms with van der Waals surface area (Å²) in [5.74, 6) is -0.407. The van der Waals surface area contributed by atoms with Gasteiger partial charge in [0.2, 0.25) is 0 Å². The van der Waals surface area contributed by atoms with Crippen molar-refractivity contribution in [3.8, 4) is 0 Å². The molecule has 0 fully saturated rings. The Labute approximate surface area is 35.8 Å². The maximum atomic E-state index is 9.77. The first kappa shape index (κ1) is 5.59. The molecule has 0 rings (SSSR count). The van der Waals surface area contributed by atoms with Crippen molar-refractivity contribution < 1.29 is 9.90 Å². The van der Waals surface area contributed by atoms with Crippen molar-refractivity contribution in [3.05, 3.63) is 0 Å². The molecule has 0 saturated heterocycles. The van der Waals surface area contributed by atoms with E-state index in [-0.39, 0.29) is 0 Å². The van der Waals surface area contributed by atoms with Crippen LogP contribution < -0.4 is 5.73 Å². The highest BCUT2D eigenvalue weighted by atomic mass is 16.3. The van der Waals surface area contributed by atoms with Gasteiger partial charge in [-0.3, -0.25) is 10.5 Å². The van der Waals surface area contributed by atoms with Crippen LogP contribution in [0.2, 0.25) is 0 Å². The Morgan fingerprint density at radius 3 is 2.17 bits per heavy atom. The molecule has 3 N–H and O–H groups in total. The molecule has 3 nitrogen and oxygen atoms in total. The Morgan fingerprint density at radius 2 is 2.17 bits per heavy atom. The number of hydrogen-bond acceptors (Lipinski definition) is 3. The summed E-state index contributed by atoms with van der Waals surface area (Å²) < 4.78 is 0. The summed E-state index contributed by atoms with van der Waals surface area (Å²) in [5.41, 5.74) is 4.64. The van der Waals surface area contributed by atoms with Crippen LogP contribution >= 0.6 is 0 Å². The highest BCUT2D eigenvalue weighted by molar-refractivity contribution is 5.79. The summed E-state index contributed by atoms with van der Waals surface area (Å²) in [6.45, 7) is 1.23. The molecular weight excluding hydrogens is 82.0 g/mol. The van der Waals surface area contributed by atoms with Gasteiger partial charge in [-0.25, -0.2) is 0 Å². The van der Waals surface area contributed by atoms with Gasteiger partial charge in [0, 0.05) is 0 Å². The van der Waals surface area contributed by atoms with Gasteiger partial charge >= 0.3 is 0 Å². The van der Waals surface area contributed by atoms with Gasteiger partial charge in [-0.2, -0.15) is 0 Å². The van der Waals surface area contributed by atoms with Crippen LogP contribution in [0.3, 0.4) is 0 Å². The normalized spacial score (nSPS) is 13.8. The van der Waals surface area contributed by atoms with Crippen LogP contribution in [0.4, 0.5) is 0 Å². The van der Waals surface area contributed by atoms with Crippen LogP contribution in [0.25, 0.3) is 0 Å². The van der Waals surface area contributed by atoms with E-state index in [1.807, 2.05) is 0 Å². The number of rotatable bonds is 1. The van der Waals surface area contributed by atoms with Gasteiger partial charge in [0.15, 0.2) is 12.0 Å². The van der Waals surface area contributed by atoms with E-state index >= 15 is 0 Å². The second kappa shape index (κ2) is 1.89. The Morgan fingerprint density at radius 1 is 2.00 bits per heavy atom. The highest BCUT2D eigenvalue weighted by Crippen LogP contribution is 1.67. The molecule has 0 saturated carbocycles. The van der Waals surface area contributed by atoms with Gasteiger partial charge in [0.05, 0.1) is 0 Å². The van der Waals surface area contributed by atoms with Gasteiger partial charge in [-0.15, -0.1) is 0 Å². The molecule has 0 aliphatic heterocycles. The zero-order chi connectivity index (χ0) is 5.15. The molecule has 0 aliphatic rings. The fourth-order valence-electron chi connectivity index (χ4n) is 0. The maximum absolute atomic E-state index is 9.77. The molecule has 1 atom stereocenters. The third kappa shape index (κ3) is 1.87. The second-order valence-corrected chi connectivity index (χ2v) is 1.06. The lowest BCUT2D eigenvalue weighted by atomic mass is 10.4. The minimum Gasteiger partial charge on any atom is -0.371 e. The summed E-state index contributed by atoms with van der Waals surface area (Å²) >= 11 is 0. The smallest absolute Gasteiger partial charge is 0.172 e. The third-order valence-electron chi connectivity index (χ3n) is 0.417. The number of ketones is 1. The standard InChI is InChI=1S/C3H7NO2/c1-2(5)3(4)6/h3,6H,4H2,1H3. The van der Waals surface area contributed by atoms with Gasteiger partial charge in [0.1, 0.15) is 0 Å². The van der Waals surface area contributed by atoms with E-state index < -0.39 is 12.0 Å². The molecule has 0 aromatic rings. The molecule has 0 spiro atoms. The minimum absolute atomic E-state index is 0.407. The molecule has 1 unspecified atom stereocenters. The first-order valence-corrected chi connectivity index (χ1v) is 1.58. The number of aliphatic hydroxyl groups excluding tert-OH is 1. The van der Waals surface area contributed by atoms with Crippen LogP contribution in [0.1, 0.15) is 6.92 Å². The molecule has 0 amide bonds. The van der Waals surface area contributed by atoms with E-state index in [1.165, 1.54) is 6.92 Å². The van der Waals surface area contributed by atoms with Crippen molar-refractivity contribution in [2.45, 2.75) is 13.2 Å². The fraction of sp³-hybridized carbons (Fsp3) is 0.667. The predicted molar refractivity (Wildman–Crippen MR) is 20.9 cm³/mol. The first-order valence-electron chi connectivity index (χ1n) is 1.58. The van der Waals surface area contributed by atoms with E-state index in [2.05, 4.69) is 5.73 Å². The molecule has 0 aliphatic carbocycles. The van der Waals surface area contributed by atoms with Crippen LogP contribution in [-0.2, 0) is 4.79 Å². The van der Waals surface area contributed by atoms with Crippen LogP contribution in [0.5, 0.6) is 0 Å². The Kier molecular flexibility index (Phi) is 1.76. The number of aliphatic hydroxyl groups is 1. The summed E-state index contributed by atoms with van der Waals surface area (Å²) in [7, 11) is 0. The lowest BCUT2D eigenvalue weighted by molar-refractivity contribution is -0.124. The average Bonchev–Trinajstić information content (AvgIpc) is 1.36. The molecule has 0 bridgehead atoms. The van der Waals surface area contributed by atoms with Crippen LogP contribution in [-0.4, -0.2) is 17.1 Å². The van der Waals surface area contributed by atoms with Crippen molar-refractivity contribution >= 4 is 5.78 Å². The largest absolute Gasteiger partial charge is 0.371 e. The highest BCUT2D eigenvalue weighted by Gasteiger charge is 1.97. The summed E-state index contributed by atoms with van der Waals surface area (Å²) in [6.07, 6.45) is -1.29. The Hall–Kier alpha value is -0.410. The minimum atomic E-state index is -1.29. The monoisotopic (exact) mass is 89.0 g/mol. The molecule has 0 radical (unpaired) electrons. The molecule has 0 aromatic heterocycles. The lowest BCUT2D eigenvalue weighted by Gasteiger charge is -1.91. The van der Waals surface area contributed by atoms with E-state index in [0.29, 0.717) is 0 Å².